The molecule has 2 aliphatic heterocycles. The standard InChI is InChI=1S/C33H36F7N3O4/c1-19-12-24(34)2-5-26(19)28-17-42(30(46)21-6-9-41(10-7-21)29(45)18-44)11-8-27(28)31(47)43(25-3-4-25)16-20-13-22(32(35,36)37)15-23(14-20)33(38,39)40/h2,5,12-15,21,25,27-28,44H,3-4,6-11,16-18H2,1H3. The van der Waals surface area contributed by atoms with E-state index in [9.17, 15) is 45.1 Å². The molecular weight excluding hydrogens is 635 g/mol. The fourth-order valence-corrected chi connectivity index (χ4v) is 6.85. The summed E-state index contributed by atoms with van der Waals surface area (Å²) in [5, 5.41) is 9.15. The average molecular weight is 672 g/mol. The number of piperidine rings is 2. The Labute approximate surface area is 267 Å². The van der Waals surface area contributed by atoms with E-state index in [-0.39, 0.29) is 49.0 Å². The number of alkyl halides is 6. The highest BCUT2D eigenvalue weighted by Gasteiger charge is 2.44. The summed E-state index contributed by atoms with van der Waals surface area (Å²) in [6, 6.07) is 5.09. The average Bonchev–Trinajstić information content (AvgIpc) is 3.87. The van der Waals surface area contributed by atoms with Crippen LogP contribution < -0.4 is 0 Å². The molecule has 0 aromatic heterocycles. The van der Waals surface area contributed by atoms with Crippen molar-refractivity contribution in [2.75, 3.05) is 32.8 Å². The molecule has 1 N–H and O–H groups in total. The normalized spacial score (nSPS) is 21.1. The van der Waals surface area contributed by atoms with Gasteiger partial charge in [0.25, 0.3) is 0 Å². The van der Waals surface area contributed by atoms with Crippen LogP contribution in [-0.2, 0) is 33.3 Å². The number of amides is 3. The number of rotatable bonds is 7. The zero-order valence-electron chi connectivity index (χ0n) is 25.7. The molecule has 2 unspecified atom stereocenters. The van der Waals surface area contributed by atoms with Crippen molar-refractivity contribution < 1.29 is 50.2 Å². The van der Waals surface area contributed by atoms with Crippen molar-refractivity contribution in [3.8, 4) is 0 Å². The minimum atomic E-state index is -5.03. The van der Waals surface area contributed by atoms with E-state index in [2.05, 4.69) is 0 Å². The van der Waals surface area contributed by atoms with Crippen LogP contribution in [0.1, 0.15) is 65.8 Å². The number of aliphatic hydroxyl groups excluding tert-OH is 1. The van der Waals surface area contributed by atoms with Gasteiger partial charge in [0.05, 0.1) is 11.1 Å². The number of carbonyl (C=O) groups is 3. The zero-order chi connectivity index (χ0) is 34.3. The first-order valence-electron chi connectivity index (χ1n) is 15.6. The fraction of sp³-hybridized carbons (Fsp3) is 0.545. The lowest BCUT2D eigenvalue weighted by atomic mass is 9.77. The topological polar surface area (TPSA) is 81.2 Å². The Kier molecular flexibility index (Phi) is 9.91. The van der Waals surface area contributed by atoms with Crippen LogP contribution in [0.3, 0.4) is 0 Å². The molecule has 2 aromatic rings. The van der Waals surface area contributed by atoms with Gasteiger partial charge >= 0.3 is 12.4 Å². The summed E-state index contributed by atoms with van der Waals surface area (Å²) in [6.07, 6.45) is -7.97. The summed E-state index contributed by atoms with van der Waals surface area (Å²) in [5.41, 5.74) is -2.03. The van der Waals surface area contributed by atoms with E-state index in [0.29, 0.717) is 62.0 Å². The predicted molar refractivity (Wildman–Crippen MR) is 155 cm³/mol. The second-order valence-corrected chi connectivity index (χ2v) is 12.7. The van der Waals surface area contributed by atoms with Crippen LogP contribution in [0.4, 0.5) is 30.7 Å². The molecule has 0 radical (unpaired) electrons. The molecule has 0 bridgehead atoms. The van der Waals surface area contributed by atoms with Gasteiger partial charge in [-0.2, -0.15) is 26.3 Å². The Morgan fingerprint density at radius 2 is 1.45 bits per heavy atom. The molecule has 47 heavy (non-hydrogen) atoms. The summed E-state index contributed by atoms with van der Waals surface area (Å²) in [6.45, 7) is 1.54. The van der Waals surface area contributed by atoms with Crippen molar-refractivity contribution in [2.45, 2.75) is 69.9 Å². The van der Waals surface area contributed by atoms with Gasteiger partial charge in [-0.05, 0) is 86.1 Å². The summed E-state index contributed by atoms with van der Waals surface area (Å²) in [4.78, 5) is 44.3. The van der Waals surface area contributed by atoms with Gasteiger partial charge in [0.1, 0.15) is 12.4 Å². The van der Waals surface area contributed by atoms with Crippen LogP contribution in [0, 0.1) is 24.6 Å². The van der Waals surface area contributed by atoms with Crippen LogP contribution in [0.25, 0.3) is 0 Å². The van der Waals surface area contributed by atoms with E-state index >= 15 is 0 Å². The molecule has 3 fully saturated rings. The lowest BCUT2D eigenvalue weighted by molar-refractivity contribution is -0.146. The summed E-state index contributed by atoms with van der Waals surface area (Å²) in [7, 11) is 0. The molecule has 14 heteroatoms. The third-order valence-electron chi connectivity index (χ3n) is 9.48. The maximum atomic E-state index is 14.3. The van der Waals surface area contributed by atoms with Crippen molar-refractivity contribution in [1.82, 2.24) is 14.7 Å². The second-order valence-electron chi connectivity index (χ2n) is 12.7. The lowest BCUT2D eigenvalue weighted by Gasteiger charge is -2.42. The quantitative estimate of drug-likeness (QED) is 0.393. The minimum absolute atomic E-state index is 0.0567. The van der Waals surface area contributed by atoms with Gasteiger partial charge in [-0.3, -0.25) is 14.4 Å². The smallest absolute Gasteiger partial charge is 0.387 e. The number of hydrogen-bond donors (Lipinski definition) is 1. The molecule has 2 saturated heterocycles. The largest absolute Gasteiger partial charge is 0.416 e. The van der Waals surface area contributed by atoms with Gasteiger partial charge in [0, 0.05) is 56.5 Å². The molecular formula is C33H36F7N3O4. The Hall–Kier alpha value is -3.68. The number of nitrogens with zero attached hydrogens (tertiary/aromatic N) is 3. The van der Waals surface area contributed by atoms with Crippen LogP contribution in [0.15, 0.2) is 36.4 Å². The SMILES string of the molecule is Cc1cc(F)ccc1C1CN(C(=O)C2CCN(C(=O)CO)CC2)CCC1C(=O)N(Cc1cc(C(F)(F)F)cc(C(F)(F)F)c1)C1CC1. The number of carbonyl (C=O) groups excluding carboxylic acids is 3. The number of halogens is 7. The third-order valence-corrected chi connectivity index (χ3v) is 9.48. The summed E-state index contributed by atoms with van der Waals surface area (Å²) in [5.74, 6) is -3.25. The summed E-state index contributed by atoms with van der Waals surface area (Å²) < 4.78 is 95.5. The highest BCUT2D eigenvalue weighted by Crippen LogP contribution is 2.41. The number of likely N-dealkylation sites (tertiary alicyclic amines) is 2. The van der Waals surface area contributed by atoms with Crippen molar-refractivity contribution in [3.63, 3.8) is 0 Å². The first-order chi connectivity index (χ1) is 22.1. The fourth-order valence-electron chi connectivity index (χ4n) is 6.85. The monoisotopic (exact) mass is 671 g/mol. The van der Waals surface area contributed by atoms with Gasteiger partial charge in [-0.15, -0.1) is 0 Å². The van der Waals surface area contributed by atoms with E-state index in [4.69, 9.17) is 5.11 Å². The first-order valence-corrected chi connectivity index (χ1v) is 15.6. The first kappa shape index (κ1) is 34.6. The Balaban J connectivity index is 1.41. The van der Waals surface area contributed by atoms with E-state index in [1.54, 1.807) is 17.9 Å². The molecule has 5 rings (SSSR count). The molecule has 3 aliphatic rings. The number of benzene rings is 2. The Morgan fingerprint density at radius 1 is 0.851 bits per heavy atom. The molecule has 256 valence electrons. The molecule has 2 aromatic carbocycles. The highest BCUT2D eigenvalue weighted by molar-refractivity contribution is 5.83. The second kappa shape index (κ2) is 13.4. The number of aryl methyl sites for hydroxylation is 1. The van der Waals surface area contributed by atoms with Crippen LogP contribution in [-0.4, -0.2) is 76.4 Å². The van der Waals surface area contributed by atoms with Crippen LogP contribution in [0.5, 0.6) is 0 Å². The molecule has 0 spiro atoms. The molecule has 2 atom stereocenters. The molecule has 2 heterocycles. The van der Waals surface area contributed by atoms with E-state index < -0.39 is 66.1 Å². The van der Waals surface area contributed by atoms with Gasteiger partial charge < -0.3 is 19.8 Å². The van der Waals surface area contributed by atoms with Gasteiger partial charge in [-0.25, -0.2) is 4.39 Å². The Morgan fingerprint density at radius 3 is 1.98 bits per heavy atom. The molecule has 1 aliphatic carbocycles. The Bertz CT molecular complexity index is 1470. The van der Waals surface area contributed by atoms with Gasteiger partial charge in [0.15, 0.2) is 0 Å². The zero-order valence-corrected chi connectivity index (χ0v) is 25.7. The predicted octanol–water partition coefficient (Wildman–Crippen LogP) is 5.53. The number of hydrogen-bond acceptors (Lipinski definition) is 4. The van der Waals surface area contributed by atoms with E-state index in [1.807, 2.05) is 0 Å². The van der Waals surface area contributed by atoms with Crippen molar-refractivity contribution >= 4 is 17.7 Å². The lowest BCUT2D eigenvalue weighted by Crippen LogP contribution is -2.51. The van der Waals surface area contributed by atoms with Crippen molar-refractivity contribution in [3.05, 3.63) is 70.0 Å². The maximum Gasteiger partial charge on any atom is 0.416 e. The maximum absolute atomic E-state index is 14.3. The van der Waals surface area contributed by atoms with Crippen molar-refractivity contribution in [1.29, 1.82) is 0 Å². The molecule has 1 saturated carbocycles. The minimum Gasteiger partial charge on any atom is -0.387 e. The van der Waals surface area contributed by atoms with Crippen molar-refractivity contribution in [2.24, 2.45) is 11.8 Å². The third kappa shape index (κ3) is 7.90. The van der Waals surface area contributed by atoms with Gasteiger partial charge in [-0.1, -0.05) is 6.07 Å². The molecule has 3 amide bonds. The van der Waals surface area contributed by atoms with E-state index in [1.165, 1.54) is 21.9 Å². The van der Waals surface area contributed by atoms with Crippen LogP contribution >= 0.6 is 0 Å². The summed E-state index contributed by atoms with van der Waals surface area (Å²) >= 11 is 0. The van der Waals surface area contributed by atoms with Gasteiger partial charge in [0.2, 0.25) is 17.7 Å². The number of aliphatic hydroxyl groups is 1. The highest BCUT2D eigenvalue weighted by atomic mass is 19.4. The van der Waals surface area contributed by atoms with E-state index in [0.717, 1.165) is 0 Å². The van der Waals surface area contributed by atoms with Crippen LogP contribution in [0.2, 0.25) is 0 Å². The molecule has 7 nitrogen and oxygen atoms in total.